The zero-order valence-corrected chi connectivity index (χ0v) is 22.0. The van der Waals surface area contributed by atoms with Crippen LogP contribution in [0, 0.1) is 13.8 Å². The molecule has 0 unspecified atom stereocenters. The highest BCUT2D eigenvalue weighted by atomic mass is 16.5. The number of nitrogens with zero attached hydrogens (tertiary/aromatic N) is 3. The van der Waals surface area contributed by atoms with Gasteiger partial charge in [0.05, 0.1) is 22.5 Å². The van der Waals surface area contributed by atoms with E-state index in [4.69, 9.17) is 4.74 Å². The number of aromatic nitrogens is 1. The molecule has 3 aliphatic rings. The van der Waals surface area contributed by atoms with Gasteiger partial charge in [-0.15, -0.1) is 0 Å². The average molecular weight is 540 g/mol. The van der Waals surface area contributed by atoms with E-state index in [1.807, 2.05) is 32.0 Å². The van der Waals surface area contributed by atoms with Gasteiger partial charge in [0.1, 0.15) is 11.8 Å². The number of likely N-dealkylation sites (N-methyl/N-ethyl adjacent to an activating group) is 1. The molecule has 1 fully saturated rings. The van der Waals surface area contributed by atoms with E-state index in [9.17, 15) is 24.0 Å². The second kappa shape index (κ2) is 9.30. The van der Waals surface area contributed by atoms with Crippen molar-refractivity contribution in [3.63, 3.8) is 0 Å². The number of benzene rings is 2. The van der Waals surface area contributed by atoms with Gasteiger partial charge in [-0.3, -0.25) is 39.2 Å². The summed E-state index contributed by atoms with van der Waals surface area (Å²) in [4.78, 5) is 70.4. The molecule has 1 saturated heterocycles. The molecular formula is C29H25N5O6. The van der Waals surface area contributed by atoms with Gasteiger partial charge in [0, 0.05) is 36.1 Å². The van der Waals surface area contributed by atoms with Gasteiger partial charge in [0.2, 0.25) is 11.8 Å². The van der Waals surface area contributed by atoms with E-state index < -0.39 is 29.7 Å². The van der Waals surface area contributed by atoms with Crippen molar-refractivity contribution >= 4 is 46.6 Å². The quantitative estimate of drug-likeness (QED) is 0.483. The van der Waals surface area contributed by atoms with E-state index in [0.29, 0.717) is 22.8 Å². The maximum absolute atomic E-state index is 13.6. The molecule has 11 nitrogen and oxygen atoms in total. The lowest BCUT2D eigenvalue weighted by Gasteiger charge is -2.28. The zero-order chi connectivity index (χ0) is 28.3. The first kappa shape index (κ1) is 25.2. The van der Waals surface area contributed by atoms with E-state index >= 15 is 0 Å². The molecule has 3 aliphatic heterocycles. The highest BCUT2D eigenvalue weighted by Gasteiger charge is 2.45. The molecule has 1 atom stereocenters. The molecule has 6 rings (SSSR count). The van der Waals surface area contributed by atoms with Crippen LogP contribution in [0.5, 0.6) is 5.75 Å². The number of pyridine rings is 1. The molecule has 202 valence electrons. The summed E-state index contributed by atoms with van der Waals surface area (Å²) in [5.41, 5.74) is 4.98. The van der Waals surface area contributed by atoms with Gasteiger partial charge < -0.3 is 15.0 Å². The second-order valence-corrected chi connectivity index (χ2v) is 10.0. The maximum Gasteiger partial charge on any atom is 0.264 e. The number of ether oxygens (including phenoxy) is 1. The van der Waals surface area contributed by atoms with Gasteiger partial charge in [-0.25, -0.2) is 0 Å². The SMILES string of the molecule is Cc1cc(-c2cc3c(cc2Nc2cccc4c2C(=O)N([C@H]2CCC(=O)NC2=O)C4=O)N(C)C(=O)CO3)cc(C)n1. The van der Waals surface area contributed by atoms with E-state index in [2.05, 4.69) is 15.6 Å². The summed E-state index contributed by atoms with van der Waals surface area (Å²) in [6.45, 7) is 3.70. The van der Waals surface area contributed by atoms with Crippen molar-refractivity contribution in [1.82, 2.24) is 15.2 Å². The Hall–Kier alpha value is -5.06. The van der Waals surface area contributed by atoms with Crippen molar-refractivity contribution in [2.45, 2.75) is 32.7 Å². The van der Waals surface area contributed by atoms with Gasteiger partial charge in [0.15, 0.2) is 6.61 Å². The smallest absolute Gasteiger partial charge is 0.264 e. The minimum Gasteiger partial charge on any atom is -0.482 e. The highest BCUT2D eigenvalue weighted by molar-refractivity contribution is 6.25. The van der Waals surface area contributed by atoms with Gasteiger partial charge >= 0.3 is 0 Å². The molecule has 0 saturated carbocycles. The first-order valence-corrected chi connectivity index (χ1v) is 12.8. The van der Waals surface area contributed by atoms with Crippen molar-refractivity contribution in [2.75, 3.05) is 23.9 Å². The summed E-state index contributed by atoms with van der Waals surface area (Å²) in [5.74, 6) is -2.00. The lowest BCUT2D eigenvalue weighted by atomic mass is 9.99. The average Bonchev–Trinajstić information content (AvgIpc) is 3.16. The molecule has 0 aliphatic carbocycles. The number of imide groups is 2. The van der Waals surface area contributed by atoms with Crippen LogP contribution < -0.4 is 20.3 Å². The van der Waals surface area contributed by atoms with Crippen LogP contribution in [-0.2, 0) is 14.4 Å². The molecule has 1 aromatic heterocycles. The minimum absolute atomic E-state index is 0.0342. The summed E-state index contributed by atoms with van der Waals surface area (Å²) < 4.78 is 5.74. The lowest BCUT2D eigenvalue weighted by molar-refractivity contribution is -0.136. The number of carbonyl (C=O) groups is 5. The van der Waals surface area contributed by atoms with Crippen molar-refractivity contribution in [3.05, 3.63) is 65.0 Å². The third kappa shape index (κ3) is 4.06. The summed E-state index contributed by atoms with van der Waals surface area (Å²) in [6.07, 6.45) is 0.0987. The third-order valence-electron chi connectivity index (χ3n) is 7.32. The van der Waals surface area contributed by atoms with E-state index in [1.54, 1.807) is 25.2 Å². The molecule has 11 heteroatoms. The standard InChI is InChI=1S/C29H25N5O6/c1-14-9-16(10-15(2)30-14)18-11-23-22(33(3)25(36)13-40-23)12-20(18)31-19-6-4-5-17-26(19)29(39)34(28(17)38)21-7-8-24(35)32-27(21)37/h4-6,9-12,21,31H,7-8,13H2,1-3H3,(H,32,35,37)/t21-/m0/s1. The maximum atomic E-state index is 13.6. The van der Waals surface area contributed by atoms with Crippen LogP contribution in [0.15, 0.2) is 42.5 Å². The Morgan fingerprint density at radius 2 is 1.70 bits per heavy atom. The number of carbonyl (C=O) groups excluding carboxylic acids is 5. The fraction of sp³-hybridized carbons (Fsp3) is 0.241. The Balaban J connectivity index is 1.45. The van der Waals surface area contributed by atoms with Crippen LogP contribution >= 0.6 is 0 Å². The number of aryl methyl sites for hydroxylation is 2. The molecule has 5 amide bonds. The van der Waals surface area contributed by atoms with Crippen LogP contribution in [-0.4, -0.2) is 59.1 Å². The number of hydrogen-bond donors (Lipinski definition) is 2. The second-order valence-electron chi connectivity index (χ2n) is 10.0. The molecule has 40 heavy (non-hydrogen) atoms. The predicted octanol–water partition coefficient (Wildman–Crippen LogP) is 2.87. The molecule has 0 radical (unpaired) electrons. The van der Waals surface area contributed by atoms with E-state index in [0.717, 1.165) is 27.4 Å². The Morgan fingerprint density at radius 1 is 0.950 bits per heavy atom. The molecule has 0 spiro atoms. The van der Waals surface area contributed by atoms with Crippen LogP contribution in [0.25, 0.3) is 11.1 Å². The number of piperidine rings is 1. The van der Waals surface area contributed by atoms with Crippen LogP contribution in [0.3, 0.4) is 0 Å². The number of hydrogen-bond acceptors (Lipinski definition) is 8. The van der Waals surface area contributed by atoms with Gasteiger partial charge in [-0.2, -0.15) is 0 Å². The highest BCUT2D eigenvalue weighted by Crippen LogP contribution is 2.43. The van der Waals surface area contributed by atoms with Crippen molar-refractivity contribution in [3.8, 4) is 16.9 Å². The number of fused-ring (bicyclic) bond motifs is 2. The summed E-state index contributed by atoms with van der Waals surface area (Å²) in [7, 11) is 1.66. The Bertz CT molecular complexity index is 1640. The van der Waals surface area contributed by atoms with Crippen molar-refractivity contribution in [1.29, 1.82) is 0 Å². The van der Waals surface area contributed by atoms with Crippen LogP contribution in [0.4, 0.5) is 17.1 Å². The Labute approximate surface area is 229 Å². The lowest BCUT2D eigenvalue weighted by Crippen LogP contribution is -2.54. The number of anilines is 3. The van der Waals surface area contributed by atoms with Crippen molar-refractivity contribution in [2.24, 2.45) is 0 Å². The number of nitrogens with one attached hydrogen (secondary N) is 2. The van der Waals surface area contributed by atoms with Crippen LogP contribution in [0.1, 0.15) is 44.9 Å². The number of amides is 5. The first-order valence-electron chi connectivity index (χ1n) is 12.8. The topological polar surface area (TPSA) is 138 Å². The molecule has 3 aromatic rings. The Morgan fingerprint density at radius 3 is 2.42 bits per heavy atom. The molecule has 4 heterocycles. The summed E-state index contributed by atoms with van der Waals surface area (Å²) in [6, 6.07) is 11.2. The summed E-state index contributed by atoms with van der Waals surface area (Å²) in [5, 5.41) is 5.53. The fourth-order valence-electron chi connectivity index (χ4n) is 5.41. The zero-order valence-electron chi connectivity index (χ0n) is 22.0. The molecule has 2 N–H and O–H groups in total. The molecule has 0 bridgehead atoms. The van der Waals surface area contributed by atoms with Crippen molar-refractivity contribution < 1.29 is 28.7 Å². The number of rotatable bonds is 4. The van der Waals surface area contributed by atoms with E-state index in [1.165, 1.54) is 11.0 Å². The monoisotopic (exact) mass is 539 g/mol. The minimum atomic E-state index is -1.07. The molecule has 2 aromatic carbocycles. The fourth-order valence-corrected chi connectivity index (χ4v) is 5.41. The molecular weight excluding hydrogens is 514 g/mol. The first-order chi connectivity index (χ1) is 19.1. The third-order valence-corrected chi connectivity index (χ3v) is 7.32. The van der Waals surface area contributed by atoms with Gasteiger partial charge in [0.25, 0.3) is 17.7 Å². The van der Waals surface area contributed by atoms with Crippen LogP contribution in [0.2, 0.25) is 0 Å². The Kier molecular flexibility index (Phi) is 5.86. The largest absolute Gasteiger partial charge is 0.482 e. The predicted molar refractivity (Wildman–Crippen MR) is 144 cm³/mol. The normalized spacial score (nSPS) is 18.4. The van der Waals surface area contributed by atoms with Gasteiger partial charge in [-0.05, 0) is 62.2 Å². The van der Waals surface area contributed by atoms with Gasteiger partial charge in [-0.1, -0.05) is 6.07 Å². The summed E-state index contributed by atoms with van der Waals surface area (Å²) >= 11 is 0. The van der Waals surface area contributed by atoms with E-state index in [-0.39, 0.29) is 36.5 Å².